The van der Waals surface area contributed by atoms with Gasteiger partial charge in [-0.3, -0.25) is 0 Å². The van der Waals surface area contributed by atoms with Crippen LogP contribution in [0.2, 0.25) is 0 Å². The van der Waals surface area contributed by atoms with Crippen molar-refractivity contribution in [3.05, 3.63) is 59.9 Å². The van der Waals surface area contributed by atoms with Crippen molar-refractivity contribution in [2.45, 2.75) is 32.9 Å². The summed E-state index contributed by atoms with van der Waals surface area (Å²) in [5.41, 5.74) is 2.80. The SMILES string of the molecule is CCCn1c(C(O)c2ccc(OCC)cc2)nc2ccccc21. The van der Waals surface area contributed by atoms with Gasteiger partial charge in [-0.05, 0) is 43.2 Å². The van der Waals surface area contributed by atoms with Gasteiger partial charge in [0.05, 0.1) is 17.6 Å². The number of fused-ring (bicyclic) bond motifs is 1. The number of aliphatic hydroxyl groups is 1. The fraction of sp³-hybridized carbons (Fsp3) is 0.316. The minimum atomic E-state index is -0.746. The Morgan fingerprint density at radius 1 is 1.09 bits per heavy atom. The van der Waals surface area contributed by atoms with E-state index in [1.807, 2.05) is 55.5 Å². The van der Waals surface area contributed by atoms with Crippen LogP contribution in [0.1, 0.15) is 37.8 Å². The Hall–Kier alpha value is -2.33. The highest BCUT2D eigenvalue weighted by Crippen LogP contribution is 2.27. The molecular formula is C19H22N2O2. The summed E-state index contributed by atoms with van der Waals surface area (Å²) in [5.74, 6) is 1.50. The van der Waals surface area contributed by atoms with Crippen LogP contribution in [-0.4, -0.2) is 21.3 Å². The minimum Gasteiger partial charge on any atom is -0.494 e. The number of nitrogens with zero attached hydrogens (tertiary/aromatic N) is 2. The first kappa shape index (κ1) is 15.6. The van der Waals surface area contributed by atoms with Gasteiger partial charge in [0.25, 0.3) is 0 Å². The van der Waals surface area contributed by atoms with Crippen LogP contribution in [0.3, 0.4) is 0 Å². The lowest BCUT2D eigenvalue weighted by Crippen LogP contribution is -2.10. The molecule has 0 fully saturated rings. The van der Waals surface area contributed by atoms with Crippen molar-refractivity contribution in [1.29, 1.82) is 0 Å². The molecule has 3 rings (SSSR count). The Labute approximate surface area is 136 Å². The summed E-state index contributed by atoms with van der Waals surface area (Å²) >= 11 is 0. The molecule has 120 valence electrons. The molecule has 0 amide bonds. The molecule has 1 heterocycles. The zero-order chi connectivity index (χ0) is 16.2. The second kappa shape index (κ2) is 6.84. The monoisotopic (exact) mass is 310 g/mol. The fourth-order valence-corrected chi connectivity index (χ4v) is 2.82. The lowest BCUT2D eigenvalue weighted by molar-refractivity contribution is 0.205. The first-order valence-electron chi connectivity index (χ1n) is 8.10. The molecule has 4 heteroatoms. The van der Waals surface area contributed by atoms with Crippen LogP contribution in [0.25, 0.3) is 11.0 Å². The van der Waals surface area contributed by atoms with Crippen LogP contribution in [0, 0.1) is 0 Å². The quantitative estimate of drug-likeness (QED) is 0.750. The summed E-state index contributed by atoms with van der Waals surface area (Å²) in [6.07, 6.45) is 0.244. The standard InChI is InChI=1S/C19H22N2O2/c1-3-13-21-17-8-6-5-7-16(17)20-19(21)18(22)14-9-11-15(12-10-14)23-4-2/h5-12,18,22H,3-4,13H2,1-2H3. The molecule has 1 N–H and O–H groups in total. The second-order valence-corrected chi connectivity index (χ2v) is 5.51. The van der Waals surface area contributed by atoms with E-state index in [1.165, 1.54) is 0 Å². The first-order chi connectivity index (χ1) is 11.2. The van der Waals surface area contributed by atoms with E-state index in [0.717, 1.165) is 35.3 Å². The number of aliphatic hydroxyl groups excluding tert-OH is 1. The maximum atomic E-state index is 10.8. The van der Waals surface area contributed by atoms with Gasteiger partial charge in [-0.25, -0.2) is 4.98 Å². The van der Waals surface area contributed by atoms with E-state index in [9.17, 15) is 5.11 Å². The third-order valence-corrected chi connectivity index (χ3v) is 3.88. The summed E-state index contributed by atoms with van der Waals surface area (Å²) in [4.78, 5) is 4.65. The molecule has 4 nitrogen and oxygen atoms in total. The maximum absolute atomic E-state index is 10.8. The van der Waals surface area contributed by atoms with Gasteiger partial charge in [0.15, 0.2) is 0 Å². The Balaban J connectivity index is 1.99. The third kappa shape index (κ3) is 3.08. The number of hydrogen-bond donors (Lipinski definition) is 1. The molecule has 1 unspecified atom stereocenters. The average molecular weight is 310 g/mol. The lowest BCUT2D eigenvalue weighted by atomic mass is 10.1. The largest absolute Gasteiger partial charge is 0.494 e. The molecule has 2 aromatic carbocycles. The number of benzene rings is 2. The summed E-state index contributed by atoms with van der Waals surface area (Å²) < 4.78 is 7.56. The van der Waals surface area contributed by atoms with Crippen molar-refractivity contribution >= 4 is 11.0 Å². The molecule has 0 spiro atoms. The lowest BCUT2D eigenvalue weighted by Gasteiger charge is -2.14. The highest BCUT2D eigenvalue weighted by molar-refractivity contribution is 5.76. The van der Waals surface area contributed by atoms with Crippen LogP contribution in [-0.2, 0) is 6.54 Å². The molecule has 0 saturated heterocycles. The summed E-state index contributed by atoms with van der Waals surface area (Å²) in [7, 11) is 0. The van der Waals surface area contributed by atoms with Crippen LogP contribution < -0.4 is 4.74 Å². The van der Waals surface area contributed by atoms with E-state index in [2.05, 4.69) is 16.5 Å². The Bertz CT molecular complexity index is 778. The number of rotatable bonds is 6. The van der Waals surface area contributed by atoms with Crippen LogP contribution >= 0.6 is 0 Å². The van der Waals surface area contributed by atoms with Crippen LogP contribution in [0.4, 0.5) is 0 Å². The average Bonchev–Trinajstić information content (AvgIpc) is 2.94. The van der Waals surface area contributed by atoms with Crippen LogP contribution in [0.15, 0.2) is 48.5 Å². The van der Waals surface area contributed by atoms with Crippen molar-refractivity contribution in [2.75, 3.05) is 6.61 Å². The van der Waals surface area contributed by atoms with Gasteiger partial charge in [-0.2, -0.15) is 0 Å². The topological polar surface area (TPSA) is 47.3 Å². The van der Waals surface area contributed by atoms with Crippen molar-refractivity contribution in [1.82, 2.24) is 9.55 Å². The maximum Gasteiger partial charge on any atom is 0.143 e. The normalized spacial score (nSPS) is 12.5. The van der Waals surface area contributed by atoms with E-state index < -0.39 is 6.10 Å². The third-order valence-electron chi connectivity index (χ3n) is 3.88. The number of hydrogen-bond acceptors (Lipinski definition) is 3. The molecule has 3 aromatic rings. The molecule has 0 saturated carbocycles. The Morgan fingerprint density at radius 2 is 1.83 bits per heavy atom. The van der Waals surface area contributed by atoms with Crippen molar-refractivity contribution in [3.63, 3.8) is 0 Å². The smallest absolute Gasteiger partial charge is 0.143 e. The molecule has 0 bridgehead atoms. The van der Waals surface area contributed by atoms with E-state index in [4.69, 9.17) is 4.74 Å². The van der Waals surface area contributed by atoms with Crippen molar-refractivity contribution in [2.24, 2.45) is 0 Å². The molecular weight excluding hydrogens is 288 g/mol. The molecule has 0 aliphatic carbocycles. The van der Waals surface area contributed by atoms with Gasteiger partial charge >= 0.3 is 0 Å². The Kier molecular flexibility index (Phi) is 4.63. The molecule has 0 radical (unpaired) electrons. The second-order valence-electron chi connectivity index (χ2n) is 5.51. The van der Waals surface area contributed by atoms with Gasteiger partial charge in [0.2, 0.25) is 0 Å². The number of imidazole rings is 1. The first-order valence-corrected chi connectivity index (χ1v) is 8.10. The molecule has 1 aromatic heterocycles. The zero-order valence-corrected chi connectivity index (χ0v) is 13.6. The van der Waals surface area contributed by atoms with Crippen LogP contribution in [0.5, 0.6) is 5.75 Å². The number of aromatic nitrogens is 2. The van der Waals surface area contributed by atoms with Gasteiger partial charge in [-0.1, -0.05) is 31.2 Å². The molecule has 1 atom stereocenters. The predicted molar refractivity (Wildman–Crippen MR) is 91.7 cm³/mol. The van der Waals surface area contributed by atoms with Crippen molar-refractivity contribution in [3.8, 4) is 5.75 Å². The summed E-state index contributed by atoms with van der Waals surface area (Å²) in [5, 5.41) is 10.8. The van der Waals surface area contributed by atoms with Gasteiger partial charge < -0.3 is 14.4 Å². The van der Waals surface area contributed by atoms with E-state index in [-0.39, 0.29) is 0 Å². The zero-order valence-electron chi connectivity index (χ0n) is 13.6. The molecule has 0 aliphatic rings. The Morgan fingerprint density at radius 3 is 2.52 bits per heavy atom. The van der Waals surface area contributed by atoms with E-state index in [0.29, 0.717) is 12.4 Å². The van der Waals surface area contributed by atoms with Crippen molar-refractivity contribution < 1.29 is 9.84 Å². The number of para-hydroxylation sites is 2. The number of aryl methyl sites for hydroxylation is 1. The minimum absolute atomic E-state index is 0.633. The fourth-order valence-electron chi connectivity index (χ4n) is 2.82. The molecule has 0 aliphatic heterocycles. The number of ether oxygens (including phenoxy) is 1. The van der Waals surface area contributed by atoms with Gasteiger partial charge in [0, 0.05) is 6.54 Å². The van der Waals surface area contributed by atoms with E-state index in [1.54, 1.807) is 0 Å². The summed E-state index contributed by atoms with van der Waals surface area (Å²) in [6, 6.07) is 15.6. The predicted octanol–water partition coefficient (Wildman–Crippen LogP) is 3.93. The highest BCUT2D eigenvalue weighted by Gasteiger charge is 2.19. The highest BCUT2D eigenvalue weighted by atomic mass is 16.5. The molecule has 23 heavy (non-hydrogen) atoms. The van der Waals surface area contributed by atoms with E-state index >= 15 is 0 Å². The van der Waals surface area contributed by atoms with Gasteiger partial charge in [-0.15, -0.1) is 0 Å². The summed E-state index contributed by atoms with van der Waals surface area (Å²) in [6.45, 7) is 5.55. The van der Waals surface area contributed by atoms with Gasteiger partial charge in [0.1, 0.15) is 17.7 Å².